The minimum Gasteiger partial charge on any atom is -0.493 e. The molecule has 0 saturated heterocycles. The highest BCUT2D eigenvalue weighted by Crippen LogP contribution is 2.35. The minimum atomic E-state index is -0.314. The molecule has 1 aromatic heterocycles. The van der Waals surface area contributed by atoms with Gasteiger partial charge in [-0.15, -0.1) is 0 Å². The quantitative estimate of drug-likeness (QED) is 0.861. The Morgan fingerprint density at radius 2 is 2.17 bits per heavy atom. The van der Waals surface area contributed by atoms with Crippen molar-refractivity contribution < 1.29 is 9.84 Å². The van der Waals surface area contributed by atoms with Crippen LogP contribution >= 0.6 is 0 Å². The molecule has 100 valence electrons. The van der Waals surface area contributed by atoms with Gasteiger partial charge in [0.05, 0.1) is 5.56 Å². The second kappa shape index (κ2) is 5.52. The molecule has 1 unspecified atom stereocenters. The van der Waals surface area contributed by atoms with E-state index >= 15 is 0 Å². The summed E-state index contributed by atoms with van der Waals surface area (Å²) in [6.07, 6.45) is 3.82. The standard InChI is InChI=1S/C13H20N2O3/c1-3-18-8(2)11-14-12(16)10(13(17)15-11)9-6-4-5-7-9/h8-9H,3-7H2,1-2H3,(H2,14,15,16,17). The number of H-pyrrole nitrogens is 1. The molecule has 1 saturated carbocycles. The molecule has 1 aromatic rings. The zero-order valence-electron chi connectivity index (χ0n) is 10.9. The van der Waals surface area contributed by atoms with E-state index in [2.05, 4.69) is 9.97 Å². The number of nitrogens with zero attached hydrogens (tertiary/aromatic N) is 1. The van der Waals surface area contributed by atoms with E-state index in [1.807, 2.05) is 6.92 Å². The molecule has 18 heavy (non-hydrogen) atoms. The van der Waals surface area contributed by atoms with Gasteiger partial charge in [-0.1, -0.05) is 12.8 Å². The van der Waals surface area contributed by atoms with Gasteiger partial charge in [0, 0.05) is 6.61 Å². The summed E-state index contributed by atoms with van der Waals surface area (Å²) in [5.41, 5.74) is 0.218. The van der Waals surface area contributed by atoms with E-state index in [0.717, 1.165) is 25.7 Å². The number of aromatic hydroxyl groups is 1. The van der Waals surface area contributed by atoms with Gasteiger partial charge in [-0.05, 0) is 32.6 Å². The summed E-state index contributed by atoms with van der Waals surface area (Å²) < 4.78 is 5.36. The van der Waals surface area contributed by atoms with E-state index in [9.17, 15) is 9.90 Å². The van der Waals surface area contributed by atoms with Crippen LogP contribution < -0.4 is 5.56 Å². The number of aromatic amines is 1. The number of ether oxygens (including phenoxy) is 1. The van der Waals surface area contributed by atoms with Gasteiger partial charge in [0.2, 0.25) is 5.88 Å². The van der Waals surface area contributed by atoms with Crippen molar-refractivity contribution in [3.8, 4) is 5.88 Å². The molecule has 0 bridgehead atoms. The Morgan fingerprint density at radius 1 is 1.50 bits per heavy atom. The van der Waals surface area contributed by atoms with Gasteiger partial charge in [0.1, 0.15) is 11.9 Å². The molecular weight excluding hydrogens is 232 g/mol. The van der Waals surface area contributed by atoms with Crippen LogP contribution in [0, 0.1) is 0 Å². The smallest absolute Gasteiger partial charge is 0.258 e. The first-order valence-corrected chi connectivity index (χ1v) is 6.58. The number of aromatic nitrogens is 2. The van der Waals surface area contributed by atoms with Crippen molar-refractivity contribution in [3.05, 3.63) is 21.7 Å². The van der Waals surface area contributed by atoms with Crippen LogP contribution in [0.4, 0.5) is 0 Å². The molecule has 2 rings (SSSR count). The van der Waals surface area contributed by atoms with Crippen LogP contribution in [0.15, 0.2) is 4.79 Å². The first-order valence-electron chi connectivity index (χ1n) is 6.58. The van der Waals surface area contributed by atoms with E-state index in [4.69, 9.17) is 4.74 Å². The topological polar surface area (TPSA) is 75.2 Å². The average molecular weight is 252 g/mol. The molecule has 5 heteroatoms. The molecule has 0 aliphatic heterocycles. The van der Waals surface area contributed by atoms with Crippen molar-refractivity contribution in [2.24, 2.45) is 0 Å². The average Bonchev–Trinajstić information content (AvgIpc) is 2.82. The first kappa shape index (κ1) is 13.1. The van der Waals surface area contributed by atoms with E-state index < -0.39 is 0 Å². The van der Waals surface area contributed by atoms with Crippen molar-refractivity contribution in [2.75, 3.05) is 6.61 Å². The molecule has 0 aromatic carbocycles. The molecule has 2 N–H and O–H groups in total. The summed E-state index contributed by atoms with van der Waals surface area (Å²) in [5, 5.41) is 9.96. The normalized spacial score (nSPS) is 18.1. The highest BCUT2D eigenvalue weighted by Gasteiger charge is 2.25. The lowest BCUT2D eigenvalue weighted by molar-refractivity contribution is 0.0693. The highest BCUT2D eigenvalue weighted by atomic mass is 16.5. The number of hydrogen-bond donors (Lipinski definition) is 2. The van der Waals surface area contributed by atoms with Crippen molar-refractivity contribution in [3.63, 3.8) is 0 Å². The minimum absolute atomic E-state index is 0.132. The van der Waals surface area contributed by atoms with Crippen molar-refractivity contribution in [2.45, 2.75) is 51.6 Å². The molecule has 1 fully saturated rings. The van der Waals surface area contributed by atoms with Crippen molar-refractivity contribution in [1.82, 2.24) is 9.97 Å². The zero-order chi connectivity index (χ0) is 13.1. The Kier molecular flexibility index (Phi) is 4.01. The van der Waals surface area contributed by atoms with Crippen molar-refractivity contribution in [1.29, 1.82) is 0 Å². The summed E-state index contributed by atoms with van der Waals surface area (Å²) in [5.74, 6) is 0.408. The Hall–Kier alpha value is -1.36. The fourth-order valence-corrected chi connectivity index (χ4v) is 2.59. The van der Waals surface area contributed by atoms with Crippen LogP contribution in [0.3, 0.4) is 0 Å². The number of nitrogens with one attached hydrogen (secondary N) is 1. The van der Waals surface area contributed by atoms with Crippen LogP contribution in [-0.2, 0) is 4.74 Å². The van der Waals surface area contributed by atoms with Gasteiger partial charge >= 0.3 is 0 Å². The van der Waals surface area contributed by atoms with Crippen LogP contribution in [0.1, 0.15) is 62.9 Å². The van der Waals surface area contributed by atoms with Gasteiger partial charge in [0.15, 0.2) is 0 Å². The fourth-order valence-electron chi connectivity index (χ4n) is 2.59. The monoisotopic (exact) mass is 252 g/mol. The molecule has 0 spiro atoms. The molecule has 1 heterocycles. The lowest BCUT2D eigenvalue weighted by Gasteiger charge is -2.14. The summed E-state index contributed by atoms with van der Waals surface area (Å²) >= 11 is 0. The lowest BCUT2D eigenvalue weighted by atomic mass is 10.00. The Bertz CT molecular complexity index is 464. The van der Waals surface area contributed by atoms with Gasteiger partial charge < -0.3 is 14.8 Å². The lowest BCUT2D eigenvalue weighted by Crippen LogP contribution is -2.20. The summed E-state index contributed by atoms with van der Waals surface area (Å²) in [4.78, 5) is 18.8. The van der Waals surface area contributed by atoms with Gasteiger partial charge in [-0.3, -0.25) is 4.79 Å². The predicted molar refractivity (Wildman–Crippen MR) is 67.8 cm³/mol. The van der Waals surface area contributed by atoms with E-state index in [-0.39, 0.29) is 23.5 Å². The third-order valence-electron chi connectivity index (χ3n) is 3.52. The Morgan fingerprint density at radius 3 is 2.72 bits per heavy atom. The molecule has 1 aliphatic carbocycles. The van der Waals surface area contributed by atoms with Crippen LogP contribution in [0.5, 0.6) is 5.88 Å². The molecule has 5 nitrogen and oxygen atoms in total. The van der Waals surface area contributed by atoms with Gasteiger partial charge in [0.25, 0.3) is 5.56 Å². The summed E-state index contributed by atoms with van der Waals surface area (Å²) in [6, 6.07) is 0. The van der Waals surface area contributed by atoms with E-state index in [0.29, 0.717) is 18.0 Å². The third kappa shape index (κ3) is 2.56. The first-order chi connectivity index (χ1) is 8.63. The van der Waals surface area contributed by atoms with Crippen LogP contribution in [-0.4, -0.2) is 21.7 Å². The molecular formula is C13H20N2O3. The third-order valence-corrected chi connectivity index (χ3v) is 3.52. The second-order valence-electron chi connectivity index (χ2n) is 4.77. The van der Waals surface area contributed by atoms with E-state index in [1.54, 1.807) is 6.92 Å². The predicted octanol–water partition coefficient (Wildman–Crippen LogP) is 2.23. The fraction of sp³-hybridized carbons (Fsp3) is 0.692. The van der Waals surface area contributed by atoms with Gasteiger partial charge in [-0.2, -0.15) is 4.98 Å². The molecule has 1 atom stereocenters. The van der Waals surface area contributed by atoms with E-state index in [1.165, 1.54) is 0 Å². The van der Waals surface area contributed by atoms with Gasteiger partial charge in [-0.25, -0.2) is 0 Å². The Balaban J connectivity index is 2.31. The van der Waals surface area contributed by atoms with Crippen molar-refractivity contribution >= 4 is 0 Å². The number of rotatable bonds is 4. The maximum absolute atomic E-state index is 12.0. The maximum atomic E-state index is 12.0. The molecule has 1 aliphatic rings. The van der Waals surface area contributed by atoms with Crippen LogP contribution in [0.2, 0.25) is 0 Å². The summed E-state index contributed by atoms with van der Waals surface area (Å²) in [6.45, 7) is 4.22. The summed E-state index contributed by atoms with van der Waals surface area (Å²) in [7, 11) is 0. The Labute approximate surface area is 106 Å². The van der Waals surface area contributed by atoms with Crippen LogP contribution in [0.25, 0.3) is 0 Å². The molecule has 0 amide bonds. The maximum Gasteiger partial charge on any atom is 0.258 e. The largest absolute Gasteiger partial charge is 0.493 e. The number of hydrogen-bond acceptors (Lipinski definition) is 4. The second-order valence-corrected chi connectivity index (χ2v) is 4.77. The highest BCUT2D eigenvalue weighted by molar-refractivity contribution is 5.27. The zero-order valence-corrected chi connectivity index (χ0v) is 10.9. The molecule has 0 radical (unpaired) electrons. The SMILES string of the molecule is CCOC(C)c1nc(O)c(C2CCCC2)c(=O)[nH]1.